The Labute approximate surface area is 123 Å². The number of hydrogen-bond acceptors (Lipinski definition) is 4. The van der Waals surface area contributed by atoms with Crippen molar-refractivity contribution in [3.8, 4) is 17.4 Å². The van der Waals surface area contributed by atoms with E-state index in [1.54, 1.807) is 20.4 Å². The summed E-state index contributed by atoms with van der Waals surface area (Å²) in [6.07, 6.45) is 1.68. The van der Waals surface area contributed by atoms with Gasteiger partial charge in [0.2, 0.25) is 5.88 Å². The summed E-state index contributed by atoms with van der Waals surface area (Å²) in [5.74, 6) is 2.41. The molecule has 0 bridgehead atoms. The fourth-order valence-corrected chi connectivity index (χ4v) is 2.01. The Balaban J connectivity index is 2.14. The van der Waals surface area contributed by atoms with Gasteiger partial charge >= 0.3 is 0 Å². The highest BCUT2D eigenvalue weighted by Crippen LogP contribution is 2.27. The molecular weight excluding hydrogens is 278 g/mol. The van der Waals surface area contributed by atoms with Gasteiger partial charge in [-0.25, -0.2) is 4.98 Å². The van der Waals surface area contributed by atoms with Crippen LogP contribution in [0.3, 0.4) is 0 Å². The minimum absolute atomic E-state index is 0.358. The molecule has 0 radical (unpaired) electrons. The molecule has 20 heavy (non-hydrogen) atoms. The van der Waals surface area contributed by atoms with Gasteiger partial charge in [0.25, 0.3) is 0 Å². The molecule has 0 saturated heterocycles. The molecule has 2 rings (SSSR count). The zero-order valence-corrected chi connectivity index (χ0v) is 12.2. The van der Waals surface area contributed by atoms with Gasteiger partial charge < -0.3 is 14.2 Å². The Morgan fingerprint density at radius 2 is 1.95 bits per heavy atom. The van der Waals surface area contributed by atoms with Crippen LogP contribution in [0.2, 0.25) is 0 Å². The van der Waals surface area contributed by atoms with E-state index in [1.807, 2.05) is 30.3 Å². The van der Waals surface area contributed by atoms with E-state index in [-0.39, 0.29) is 0 Å². The summed E-state index contributed by atoms with van der Waals surface area (Å²) in [5, 5.41) is 0. The third kappa shape index (κ3) is 3.33. The van der Waals surface area contributed by atoms with Crippen molar-refractivity contribution in [1.82, 2.24) is 4.98 Å². The van der Waals surface area contributed by atoms with Crippen LogP contribution in [-0.4, -0.2) is 19.2 Å². The number of rotatable bonds is 6. The maximum atomic E-state index is 5.93. The standard InChI is InChI=1S/C15H16ClNO3/c1-18-13-5-6-14(12(8-13)9-16)20-10-11-4-3-7-17-15(11)19-2/h3-8H,9-10H2,1-2H3. The summed E-state index contributed by atoms with van der Waals surface area (Å²) in [5.41, 5.74) is 1.76. The predicted molar refractivity (Wildman–Crippen MR) is 77.7 cm³/mol. The van der Waals surface area contributed by atoms with Gasteiger partial charge in [-0.2, -0.15) is 0 Å². The molecule has 0 aliphatic carbocycles. The van der Waals surface area contributed by atoms with Crippen molar-refractivity contribution in [3.63, 3.8) is 0 Å². The van der Waals surface area contributed by atoms with E-state index < -0.39 is 0 Å². The first kappa shape index (κ1) is 14.5. The van der Waals surface area contributed by atoms with Gasteiger partial charge in [-0.05, 0) is 30.3 Å². The highest BCUT2D eigenvalue weighted by molar-refractivity contribution is 6.17. The van der Waals surface area contributed by atoms with Gasteiger partial charge in [-0.15, -0.1) is 11.6 Å². The van der Waals surface area contributed by atoms with E-state index in [4.69, 9.17) is 25.8 Å². The topological polar surface area (TPSA) is 40.6 Å². The van der Waals surface area contributed by atoms with Gasteiger partial charge in [-0.3, -0.25) is 0 Å². The zero-order valence-electron chi connectivity index (χ0n) is 11.4. The SMILES string of the molecule is COc1ccc(OCc2cccnc2OC)c(CCl)c1. The highest BCUT2D eigenvalue weighted by atomic mass is 35.5. The minimum Gasteiger partial charge on any atom is -0.497 e. The normalized spacial score (nSPS) is 10.2. The number of nitrogens with zero attached hydrogens (tertiary/aromatic N) is 1. The van der Waals surface area contributed by atoms with E-state index >= 15 is 0 Å². The summed E-state index contributed by atoms with van der Waals surface area (Å²) in [7, 11) is 3.21. The highest BCUT2D eigenvalue weighted by Gasteiger charge is 2.08. The minimum atomic E-state index is 0.358. The Morgan fingerprint density at radius 1 is 1.10 bits per heavy atom. The van der Waals surface area contributed by atoms with Crippen LogP contribution in [0.1, 0.15) is 11.1 Å². The molecule has 1 aromatic carbocycles. The summed E-state index contributed by atoms with van der Waals surface area (Å²) >= 11 is 5.93. The van der Waals surface area contributed by atoms with E-state index in [1.165, 1.54) is 0 Å². The van der Waals surface area contributed by atoms with Crippen molar-refractivity contribution in [2.45, 2.75) is 12.5 Å². The largest absolute Gasteiger partial charge is 0.497 e. The van der Waals surface area contributed by atoms with Crippen LogP contribution in [0, 0.1) is 0 Å². The second kappa shape index (κ2) is 7.01. The number of ether oxygens (including phenoxy) is 3. The molecule has 0 saturated carbocycles. The van der Waals surface area contributed by atoms with Gasteiger partial charge in [0.15, 0.2) is 0 Å². The van der Waals surface area contributed by atoms with Gasteiger partial charge in [0, 0.05) is 11.8 Å². The van der Waals surface area contributed by atoms with Crippen molar-refractivity contribution in [2.75, 3.05) is 14.2 Å². The Bertz CT molecular complexity index is 575. The predicted octanol–water partition coefficient (Wildman–Crippen LogP) is 3.42. The average Bonchev–Trinajstić information content (AvgIpc) is 2.52. The molecule has 0 atom stereocenters. The van der Waals surface area contributed by atoms with Crippen LogP contribution in [0.15, 0.2) is 36.5 Å². The lowest BCUT2D eigenvalue weighted by molar-refractivity contribution is 0.291. The molecule has 0 aliphatic rings. The quantitative estimate of drug-likeness (QED) is 0.765. The number of methoxy groups -OCH3 is 2. The number of halogens is 1. The lowest BCUT2D eigenvalue weighted by atomic mass is 10.2. The molecule has 0 amide bonds. The zero-order chi connectivity index (χ0) is 14.4. The van der Waals surface area contributed by atoms with Crippen LogP contribution < -0.4 is 14.2 Å². The Morgan fingerprint density at radius 3 is 2.65 bits per heavy atom. The first-order valence-corrected chi connectivity index (χ1v) is 6.65. The molecule has 2 aromatic rings. The Kier molecular flexibility index (Phi) is 5.07. The van der Waals surface area contributed by atoms with Gasteiger partial charge in [0.1, 0.15) is 18.1 Å². The third-order valence-electron chi connectivity index (χ3n) is 2.84. The number of alkyl halides is 1. The fourth-order valence-electron chi connectivity index (χ4n) is 1.80. The van der Waals surface area contributed by atoms with Crippen molar-refractivity contribution in [2.24, 2.45) is 0 Å². The molecule has 0 N–H and O–H groups in total. The van der Waals surface area contributed by atoms with E-state index in [9.17, 15) is 0 Å². The van der Waals surface area contributed by atoms with Gasteiger partial charge in [0.05, 0.1) is 25.7 Å². The summed E-state index contributed by atoms with van der Waals surface area (Å²) < 4.78 is 16.2. The molecule has 0 spiro atoms. The molecule has 0 fully saturated rings. The maximum Gasteiger partial charge on any atom is 0.219 e. The molecule has 106 valence electrons. The first-order chi connectivity index (χ1) is 9.78. The van der Waals surface area contributed by atoms with Crippen LogP contribution in [0.5, 0.6) is 17.4 Å². The van der Waals surface area contributed by atoms with Crippen LogP contribution in [0.25, 0.3) is 0 Å². The van der Waals surface area contributed by atoms with Crippen molar-refractivity contribution in [3.05, 3.63) is 47.7 Å². The van der Waals surface area contributed by atoms with E-state index in [0.717, 1.165) is 22.6 Å². The average molecular weight is 294 g/mol. The number of hydrogen-bond donors (Lipinski definition) is 0. The number of aromatic nitrogens is 1. The lowest BCUT2D eigenvalue weighted by Crippen LogP contribution is -2.01. The molecule has 0 aliphatic heterocycles. The smallest absolute Gasteiger partial charge is 0.219 e. The maximum absolute atomic E-state index is 5.93. The number of benzene rings is 1. The third-order valence-corrected chi connectivity index (χ3v) is 3.13. The Hall–Kier alpha value is -1.94. The first-order valence-electron chi connectivity index (χ1n) is 6.12. The van der Waals surface area contributed by atoms with Crippen molar-refractivity contribution >= 4 is 11.6 Å². The van der Waals surface area contributed by atoms with E-state index in [2.05, 4.69) is 4.98 Å². The van der Waals surface area contributed by atoms with Gasteiger partial charge in [-0.1, -0.05) is 0 Å². The molecule has 1 heterocycles. The summed E-state index contributed by atoms with van der Waals surface area (Å²) in [6, 6.07) is 9.31. The lowest BCUT2D eigenvalue weighted by Gasteiger charge is -2.12. The van der Waals surface area contributed by atoms with Crippen LogP contribution in [-0.2, 0) is 12.5 Å². The molecule has 0 unspecified atom stereocenters. The summed E-state index contributed by atoms with van der Waals surface area (Å²) in [4.78, 5) is 4.13. The number of pyridine rings is 1. The van der Waals surface area contributed by atoms with Crippen molar-refractivity contribution < 1.29 is 14.2 Å². The van der Waals surface area contributed by atoms with Crippen molar-refractivity contribution in [1.29, 1.82) is 0 Å². The second-order valence-electron chi connectivity index (χ2n) is 4.07. The molecular formula is C15H16ClNO3. The monoisotopic (exact) mass is 293 g/mol. The molecule has 5 heteroatoms. The summed E-state index contributed by atoms with van der Waals surface area (Å²) in [6.45, 7) is 0.368. The molecule has 4 nitrogen and oxygen atoms in total. The molecule has 1 aromatic heterocycles. The fraction of sp³-hybridized carbons (Fsp3) is 0.267. The van der Waals surface area contributed by atoms with Crippen LogP contribution >= 0.6 is 11.6 Å². The van der Waals surface area contributed by atoms with Crippen LogP contribution in [0.4, 0.5) is 0 Å². The second-order valence-corrected chi connectivity index (χ2v) is 4.34. The van der Waals surface area contributed by atoms with E-state index in [0.29, 0.717) is 18.4 Å².